The van der Waals surface area contributed by atoms with Crippen molar-refractivity contribution in [3.8, 4) is 0 Å². The summed E-state index contributed by atoms with van der Waals surface area (Å²) in [7, 11) is 0. The van der Waals surface area contributed by atoms with E-state index in [0.717, 1.165) is 37.9 Å². The fraction of sp³-hybridized carbons (Fsp3) is 0.938. The third-order valence-electron chi connectivity index (χ3n) is 5.15. The van der Waals surface area contributed by atoms with Crippen LogP contribution in [0, 0.1) is 11.8 Å². The van der Waals surface area contributed by atoms with Crippen molar-refractivity contribution in [2.75, 3.05) is 13.1 Å². The van der Waals surface area contributed by atoms with Gasteiger partial charge in [0, 0.05) is 6.04 Å². The average molecular weight is 267 g/mol. The van der Waals surface area contributed by atoms with Crippen LogP contribution in [0.15, 0.2) is 0 Å². The molecule has 0 aromatic carbocycles. The summed E-state index contributed by atoms with van der Waals surface area (Å²) in [4.78, 5) is 13.6. The van der Waals surface area contributed by atoms with E-state index >= 15 is 0 Å². The molecular weight excluding hydrogens is 238 g/mol. The minimum Gasteiger partial charge on any atom is -0.481 e. The molecule has 3 heteroatoms. The first-order valence-electron chi connectivity index (χ1n) is 8.17. The van der Waals surface area contributed by atoms with E-state index in [1.54, 1.807) is 0 Å². The lowest BCUT2D eigenvalue weighted by Gasteiger charge is -2.36. The van der Waals surface area contributed by atoms with Crippen molar-refractivity contribution in [2.45, 2.75) is 70.8 Å². The SMILES string of the molecule is CCCC1CCCC(N2CCC(C(=O)O)CC2)CC1. The Bertz CT molecular complexity index is 284. The smallest absolute Gasteiger partial charge is 0.306 e. The summed E-state index contributed by atoms with van der Waals surface area (Å²) in [5.41, 5.74) is 0. The number of likely N-dealkylation sites (tertiary alicyclic amines) is 1. The summed E-state index contributed by atoms with van der Waals surface area (Å²) in [5.74, 6) is 0.268. The van der Waals surface area contributed by atoms with Crippen LogP contribution in [0.25, 0.3) is 0 Å². The van der Waals surface area contributed by atoms with Gasteiger partial charge in [-0.15, -0.1) is 0 Å². The molecule has 1 saturated heterocycles. The van der Waals surface area contributed by atoms with Crippen molar-refractivity contribution >= 4 is 5.97 Å². The van der Waals surface area contributed by atoms with E-state index in [0.29, 0.717) is 0 Å². The summed E-state index contributed by atoms with van der Waals surface area (Å²) in [6, 6.07) is 0.733. The molecule has 1 aliphatic carbocycles. The average Bonchev–Trinajstić information content (AvgIpc) is 2.65. The second-order valence-corrected chi connectivity index (χ2v) is 6.47. The zero-order chi connectivity index (χ0) is 13.7. The van der Waals surface area contributed by atoms with Gasteiger partial charge in [-0.2, -0.15) is 0 Å². The standard InChI is InChI=1S/C16H29NO2/c1-2-4-13-5-3-6-15(8-7-13)17-11-9-14(10-12-17)16(18)19/h13-15H,2-12H2,1H3,(H,18,19). The minimum absolute atomic E-state index is 0.0881. The highest BCUT2D eigenvalue weighted by Gasteiger charge is 2.29. The Labute approximate surface area is 117 Å². The van der Waals surface area contributed by atoms with Gasteiger partial charge in [0.05, 0.1) is 5.92 Å². The molecule has 0 aromatic rings. The van der Waals surface area contributed by atoms with Crippen molar-refractivity contribution in [3.63, 3.8) is 0 Å². The molecule has 1 saturated carbocycles. The summed E-state index contributed by atoms with van der Waals surface area (Å²) in [6.07, 6.45) is 11.3. The number of hydrogen-bond donors (Lipinski definition) is 1. The molecule has 1 N–H and O–H groups in total. The number of carbonyl (C=O) groups is 1. The summed E-state index contributed by atoms with van der Waals surface area (Å²) >= 11 is 0. The van der Waals surface area contributed by atoms with Gasteiger partial charge in [0.2, 0.25) is 0 Å². The molecule has 0 bridgehead atoms. The quantitative estimate of drug-likeness (QED) is 0.792. The number of carboxylic acid groups (broad SMARTS) is 1. The Hall–Kier alpha value is -0.570. The molecule has 2 aliphatic rings. The second kappa shape index (κ2) is 7.28. The summed E-state index contributed by atoms with van der Waals surface area (Å²) in [6.45, 7) is 4.29. The Morgan fingerprint density at radius 3 is 2.47 bits per heavy atom. The van der Waals surface area contributed by atoms with E-state index in [2.05, 4.69) is 11.8 Å². The first kappa shape index (κ1) is 14.8. The van der Waals surface area contributed by atoms with Crippen LogP contribution in [0.4, 0.5) is 0 Å². The Morgan fingerprint density at radius 1 is 1.11 bits per heavy atom. The summed E-state index contributed by atoms with van der Waals surface area (Å²) in [5, 5.41) is 9.06. The van der Waals surface area contributed by atoms with Crippen LogP contribution in [0.3, 0.4) is 0 Å². The second-order valence-electron chi connectivity index (χ2n) is 6.47. The molecule has 0 radical (unpaired) electrons. The van der Waals surface area contributed by atoms with Crippen LogP contribution in [-0.4, -0.2) is 35.1 Å². The minimum atomic E-state index is -0.594. The lowest BCUT2D eigenvalue weighted by molar-refractivity contribution is -0.143. The first-order chi connectivity index (χ1) is 9.20. The van der Waals surface area contributed by atoms with E-state index in [1.165, 1.54) is 44.9 Å². The maximum Gasteiger partial charge on any atom is 0.306 e. The molecule has 0 amide bonds. The highest BCUT2D eigenvalue weighted by atomic mass is 16.4. The van der Waals surface area contributed by atoms with Gasteiger partial charge in [-0.3, -0.25) is 4.79 Å². The molecule has 0 aromatic heterocycles. The fourth-order valence-corrected chi connectivity index (χ4v) is 3.93. The van der Waals surface area contributed by atoms with Crippen LogP contribution in [0.1, 0.15) is 64.7 Å². The van der Waals surface area contributed by atoms with Crippen molar-refractivity contribution in [1.29, 1.82) is 0 Å². The van der Waals surface area contributed by atoms with Crippen molar-refractivity contribution in [1.82, 2.24) is 4.90 Å². The van der Waals surface area contributed by atoms with Gasteiger partial charge in [0.25, 0.3) is 0 Å². The van der Waals surface area contributed by atoms with Crippen LogP contribution >= 0.6 is 0 Å². The molecule has 2 fully saturated rings. The van der Waals surface area contributed by atoms with Crippen molar-refractivity contribution in [2.24, 2.45) is 11.8 Å². The van der Waals surface area contributed by atoms with E-state index in [9.17, 15) is 4.79 Å². The summed E-state index contributed by atoms with van der Waals surface area (Å²) < 4.78 is 0. The molecule has 2 rings (SSSR count). The van der Waals surface area contributed by atoms with Gasteiger partial charge in [-0.25, -0.2) is 0 Å². The van der Waals surface area contributed by atoms with E-state index in [1.807, 2.05) is 0 Å². The predicted molar refractivity (Wildman–Crippen MR) is 77.2 cm³/mol. The fourth-order valence-electron chi connectivity index (χ4n) is 3.93. The Balaban J connectivity index is 1.78. The maximum atomic E-state index is 11.0. The number of hydrogen-bond acceptors (Lipinski definition) is 2. The molecule has 3 nitrogen and oxygen atoms in total. The predicted octanol–water partition coefficient (Wildman–Crippen LogP) is 3.53. The molecular formula is C16H29NO2. The molecule has 2 unspecified atom stereocenters. The number of nitrogens with zero attached hydrogens (tertiary/aromatic N) is 1. The highest BCUT2D eigenvalue weighted by Crippen LogP contribution is 2.31. The zero-order valence-corrected chi connectivity index (χ0v) is 12.3. The van der Waals surface area contributed by atoms with Gasteiger partial charge < -0.3 is 10.0 Å². The van der Waals surface area contributed by atoms with Gasteiger partial charge >= 0.3 is 5.97 Å². The van der Waals surface area contributed by atoms with Crippen LogP contribution in [-0.2, 0) is 4.79 Å². The monoisotopic (exact) mass is 267 g/mol. The third-order valence-corrected chi connectivity index (χ3v) is 5.15. The Morgan fingerprint density at radius 2 is 1.84 bits per heavy atom. The lowest BCUT2D eigenvalue weighted by Crippen LogP contribution is -2.42. The molecule has 1 aliphatic heterocycles. The molecule has 0 spiro atoms. The zero-order valence-electron chi connectivity index (χ0n) is 12.3. The number of carboxylic acids is 1. The van der Waals surface area contributed by atoms with Crippen molar-refractivity contribution < 1.29 is 9.90 Å². The normalized spacial score (nSPS) is 31.0. The number of aliphatic carboxylic acids is 1. The van der Waals surface area contributed by atoms with Gasteiger partial charge in [-0.05, 0) is 51.1 Å². The van der Waals surface area contributed by atoms with E-state index < -0.39 is 5.97 Å². The number of piperidine rings is 1. The van der Waals surface area contributed by atoms with E-state index in [4.69, 9.17) is 5.11 Å². The number of rotatable bonds is 4. The lowest BCUT2D eigenvalue weighted by atomic mass is 9.93. The van der Waals surface area contributed by atoms with Crippen molar-refractivity contribution in [3.05, 3.63) is 0 Å². The van der Waals surface area contributed by atoms with Gasteiger partial charge in [0.1, 0.15) is 0 Å². The molecule has 2 atom stereocenters. The topological polar surface area (TPSA) is 40.5 Å². The van der Waals surface area contributed by atoms with Crippen LogP contribution in [0.5, 0.6) is 0 Å². The van der Waals surface area contributed by atoms with Crippen LogP contribution in [0.2, 0.25) is 0 Å². The molecule has 110 valence electrons. The maximum absolute atomic E-state index is 11.0. The molecule has 19 heavy (non-hydrogen) atoms. The highest BCUT2D eigenvalue weighted by molar-refractivity contribution is 5.70. The Kier molecular flexibility index (Phi) is 5.68. The van der Waals surface area contributed by atoms with E-state index in [-0.39, 0.29) is 5.92 Å². The molecule has 1 heterocycles. The third kappa shape index (κ3) is 4.20. The largest absolute Gasteiger partial charge is 0.481 e. The van der Waals surface area contributed by atoms with Gasteiger partial charge in [-0.1, -0.05) is 32.6 Å². The first-order valence-corrected chi connectivity index (χ1v) is 8.17. The van der Waals surface area contributed by atoms with Crippen LogP contribution < -0.4 is 0 Å². The van der Waals surface area contributed by atoms with Gasteiger partial charge in [0.15, 0.2) is 0 Å².